The molecule has 0 aliphatic rings. The standard InChI is InChI=1S/C14H9BrF2N5O4PS/c15-10-9-2-6(13(23)19-4-8-5-20-22-21-8)1-7(3-18)11(9)28-12(10)14(16,17)27(24,25)26/h1-2,5H,4H2,(H,19,23)(H,20,21,22)(H2,24,25,26). The van der Waals surface area contributed by atoms with Crippen LogP contribution in [-0.2, 0) is 16.8 Å². The first kappa shape index (κ1) is 20.5. The number of nitrogens with zero attached hydrogens (tertiary/aromatic N) is 3. The molecular formula is C14H9BrF2N5O4PS. The highest BCUT2D eigenvalue weighted by Crippen LogP contribution is 2.63. The Morgan fingerprint density at radius 3 is 2.75 bits per heavy atom. The normalized spacial score (nSPS) is 12.1. The minimum absolute atomic E-state index is 0.0112. The number of carbonyl (C=O) groups excluding carboxylic acids is 1. The number of halogens is 3. The molecule has 0 aliphatic heterocycles. The molecule has 14 heteroatoms. The highest BCUT2D eigenvalue weighted by molar-refractivity contribution is 9.10. The SMILES string of the molecule is N#Cc1cc(C(=O)NCc2c[nH]nn2)cc2c(Br)c(C(F)(F)P(=O)(O)O)sc12. The van der Waals surface area contributed by atoms with Gasteiger partial charge in [0.25, 0.3) is 5.91 Å². The topological polar surface area (TPSA) is 152 Å². The van der Waals surface area contributed by atoms with Gasteiger partial charge in [-0.3, -0.25) is 14.5 Å². The van der Waals surface area contributed by atoms with Gasteiger partial charge in [-0.1, -0.05) is 5.21 Å². The van der Waals surface area contributed by atoms with E-state index in [4.69, 9.17) is 9.79 Å². The molecule has 0 fully saturated rings. The van der Waals surface area contributed by atoms with Crippen molar-refractivity contribution in [2.24, 2.45) is 0 Å². The summed E-state index contributed by atoms with van der Waals surface area (Å²) in [5.74, 6) is -0.595. The van der Waals surface area contributed by atoms with E-state index < -0.39 is 24.0 Å². The van der Waals surface area contributed by atoms with Crippen LogP contribution in [0, 0.1) is 11.3 Å². The molecule has 0 radical (unpaired) electrons. The molecule has 0 spiro atoms. The van der Waals surface area contributed by atoms with Gasteiger partial charge in [-0.05, 0) is 28.1 Å². The lowest BCUT2D eigenvalue weighted by Crippen LogP contribution is -2.23. The number of benzene rings is 1. The Labute approximate surface area is 167 Å². The molecule has 0 unspecified atom stereocenters. The molecule has 3 aromatic rings. The van der Waals surface area contributed by atoms with Crippen molar-refractivity contribution >= 4 is 50.9 Å². The minimum Gasteiger partial charge on any atom is -0.346 e. The molecule has 146 valence electrons. The number of aromatic nitrogens is 3. The first-order chi connectivity index (χ1) is 13.1. The van der Waals surface area contributed by atoms with Crippen LogP contribution >= 0.6 is 34.9 Å². The van der Waals surface area contributed by atoms with E-state index >= 15 is 0 Å². The van der Waals surface area contributed by atoms with Crippen LogP contribution in [0.4, 0.5) is 8.78 Å². The van der Waals surface area contributed by atoms with Gasteiger partial charge in [-0.2, -0.15) is 14.0 Å². The molecular weight excluding hydrogens is 483 g/mol. The van der Waals surface area contributed by atoms with E-state index in [1.807, 2.05) is 6.07 Å². The number of hydrogen-bond donors (Lipinski definition) is 4. The Morgan fingerprint density at radius 2 is 2.18 bits per heavy atom. The van der Waals surface area contributed by atoms with Crippen molar-refractivity contribution in [2.45, 2.75) is 12.2 Å². The Kier molecular flexibility index (Phi) is 5.35. The summed E-state index contributed by atoms with van der Waals surface area (Å²) in [5, 5.41) is 21.6. The van der Waals surface area contributed by atoms with E-state index in [1.54, 1.807) is 0 Å². The Hall–Kier alpha value is -2.23. The number of rotatable bonds is 5. The summed E-state index contributed by atoms with van der Waals surface area (Å²) in [6.45, 7) is 0.0432. The van der Waals surface area contributed by atoms with E-state index in [0.29, 0.717) is 17.0 Å². The Bertz CT molecular complexity index is 1150. The lowest BCUT2D eigenvalue weighted by atomic mass is 10.1. The number of thiophene rings is 1. The summed E-state index contributed by atoms with van der Waals surface area (Å²) in [6, 6.07) is 4.28. The number of nitrogens with one attached hydrogen (secondary N) is 2. The number of amides is 1. The van der Waals surface area contributed by atoms with E-state index in [0.717, 1.165) is 0 Å². The van der Waals surface area contributed by atoms with Crippen molar-refractivity contribution in [1.29, 1.82) is 5.26 Å². The zero-order valence-electron chi connectivity index (χ0n) is 13.5. The second kappa shape index (κ2) is 7.31. The number of hydrogen-bond acceptors (Lipinski definition) is 6. The van der Waals surface area contributed by atoms with Gasteiger partial charge in [-0.25, -0.2) is 0 Å². The molecule has 1 aromatic carbocycles. The molecule has 0 saturated carbocycles. The molecule has 0 aliphatic carbocycles. The third-order valence-electron chi connectivity index (χ3n) is 3.65. The second-order valence-corrected chi connectivity index (χ2v) is 8.95. The third-order valence-corrected chi connectivity index (χ3v) is 7.15. The predicted octanol–water partition coefficient (Wildman–Crippen LogP) is 2.81. The number of carbonyl (C=O) groups is 1. The quantitative estimate of drug-likeness (QED) is 0.400. The lowest BCUT2D eigenvalue weighted by Gasteiger charge is -2.16. The summed E-state index contributed by atoms with van der Waals surface area (Å²) in [5.41, 5.74) is -4.06. The highest BCUT2D eigenvalue weighted by Gasteiger charge is 2.53. The van der Waals surface area contributed by atoms with E-state index in [9.17, 15) is 23.4 Å². The Morgan fingerprint density at radius 1 is 1.46 bits per heavy atom. The van der Waals surface area contributed by atoms with Crippen LogP contribution in [0.5, 0.6) is 0 Å². The molecule has 2 aromatic heterocycles. The molecule has 2 heterocycles. The molecule has 0 saturated heterocycles. The smallest absolute Gasteiger partial charge is 0.346 e. The van der Waals surface area contributed by atoms with Crippen LogP contribution in [0.2, 0.25) is 0 Å². The number of H-pyrrole nitrogens is 1. The summed E-state index contributed by atoms with van der Waals surface area (Å²) < 4.78 is 39.3. The van der Waals surface area contributed by atoms with Gasteiger partial charge in [0.1, 0.15) is 16.6 Å². The fourth-order valence-corrected chi connectivity index (χ4v) is 5.27. The van der Waals surface area contributed by atoms with Crippen LogP contribution in [0.1, 0.15) is 26.5 Å². The van der Waals surface area contributed by atoms with Crippen LogP contribution in [0.25, 0.3) is 10.1 Å². The summed E-state index contributed by atoms with van der Waals surface area (Å²) in [4.78, 5) is 29.4. The molecule has 0 bridgehead atoms. The van der Waals surface area contributed by atoms with Gasteiger partial charge in [0.05, 0.1) is 16.8 Å². The number of aromatic amines is 1. The van der Waals surface area contributed by atoms with Gasteiger partial charge < -0.3 is 15.1 Å². The summed E-state index contributed by atoms with van der Waals surface area (Å²) in [6.07, 6.45) is 1.47. The predicted molar refractivity (Wildman–Crippen MR) is 97.7 cm³/mol. The molecule has 3 rings (SSSR count). The number of fused-ring (bicyclic) bond motifs is 1. The maximum absolute atomic E-state index is 14.2. The van der Waals surface area contributed by atoms with Crippen molar-refractivity contribution in [3.05, 3.63) is 44.5 Å². The van der Waals surface area contributed by atoms with Crippen LogP contribution < -0.4 is 5.32 Å². The Balaban J connectivity index is 2.06. The van der Waals surface area contributed by atoms with Crippen molar-refractivity contribution in [1.82, 2.24) is 20.7 Å². The number of nitriles is 1. The highest BCUT2D eigenvalue weighted by atomic mass is 79.9. The van der Waals surface area contributed by atoms with Gasteiger partial charge >= 0.3 is 13.3 Å². The van der Waals surface area contributed by atoms with Crippen molar-refractivity contribution in [3.63, 3.8) is 0 Å². The molecule has 4 N–H and O–H groups in total. The average molecular weight is 492 g/mol. The van der Waals surface area contributed by atoms with Gasteiger partial charge in [0, 0.05) is 21.6 Å². The van der Waals surface area contributed by atoms with E-state index in [-0.39, 0.29) is 32.2 Å². The minimum atomic E-state index is -5.80. The zero-order valence-corrected chi connectivity index (χ0v) is 16.8. The van der Waals surface area contributed by atoms with Crippen LogP contribution in [0.3, 0.4) is 0 Å². The second-order valence-electron chi connectivity index (χ2n) is 5.49. The van der Waals surface area contributed by atoms with E-state index in [1.165, 1.54) is 18.3 Å². The average Bonchev–Trinajstić information content (AvgIpc) is 3.26. The zero-order chi connectivity index (χ0) is 20.7. The van der Waals surface area contributed by atoms with E-state index in [2.05, 4.69) is 36.7 Å². The largest absolute Gasteiger partial charge is 0.400 e. The van der Waals surface area contributed by atoms with Crippen LogP contribution in [0.15, 0.2) is 22.8 Å². The maximum Gasteiger partial charge on any atom is 0.400 e. The molecule has 28 heavy (non-hydrogen) atoms. The van der Waals surface area contributed by atoms with Crippen molar-refractivity contribution < 1.29 is 27.9 Å². The van der Waals surface area contributed by atoms with Gasteiger partial charge in [0.15, 0.2) is 0 Å². The molecule has 1 amide bonds. The lowest BCUT2D eigenvalue weighted by molar-refractivity contribution is 0.0595. The first-order valence-electron chi connectivity index (χ1n) is 7.30. The van der Waals surface area contributed by atoms with Crippen molar-refractivity contribution in [2.75, 3.05) is 0 Å². The summed E-state index contributed by atoms with van der Waals surface area (Å²) in [7, 11) is -5.80. The monoisotopic (exact) mass is 491 g/mol. The fraction of sp³-hybridized carbons (Fsp3) is 0.143. The molecule has 9 nitrogen and oxygen atoms in total. The maximum atomic E-state index is 14.2. The van der Waals surface area contributed by atoms with Gasteiger partial charge in [0.2, 0.25) is 0 Å². The molecule has 0 atom stereocenters. The fourth-order valence-electron chi connectivity index (χ4n) is 2.30. The number of alkyl halides is 2. The van der Waals surface area contributed by atoms with Crippen molar-refractivity contribution in [3.8, 4) is 6.07 Å². The first-order valence-corrected chi connectivity index (χ1v) is 10.5. The summed E-state index contributed by atoms with van der Waals surface area (Å²) >= 11 is 3.30. The third kappa shape index (κ3) is 3.57. The van der Waals surface area contributed by atoms with Crippen LogP contribution in [-0.4, -0.2) is 31.1 Å². The van der Waals surface area contributed by atoms with Gasteiger partial charge in [-0.15, -0.1) is 16.4 Å².